The molecule has 0 unspecified atom stereocenters. The van der Waals surface area contributed by atoms with Crippen LogP contribution in [0, 0.1) is 0 Å². The van der Waals surface area contributed by atoms with Crippen LogP contribution < -0.4 is 5.32 Å². The second-order valence-electron chi connectivity index (χ2n) is 5.00. The Hall–Kier alpha value is -2.55. The van der Waals surface area contributed by atoms with Crippen LogP contribution in [0.2, 0.25) is 0 Å². The number of aryl methyl sites for hydroxylation is 1. The second kappa shape index (κ2) is 6.27. The first kappa shape index (κ1) is 13.4. The van der Waals surface area contributed by atoms with Crippen molar-refractivity contribution in [3.05, 3.63) is 78.4 Å². The van der Waals surface area contributed by atoms with E-state index in [1.165, 1.54) is 11.1 Å². The Morgan fingerprint density at radius 1 is 1.05 bits per heavy atom. The molecule has 1 aromatic heterocycles. The third kappa shape index (κ3) is 3.14. The van der Waals surface area contributed by atoms with Gasteiger partial charge < -0.3 is 9.88 Å². The minimum Gasteiger partial charge on any atom is -0.381 e. The molecule has 0 atom stereocenters. The summed E-state index contributed by atoms with van der Waals surface area (Å²) in [6.45, 7) is 3.04. The Labute approximate surface area is 125 Å². The van der Waals surface area contributed by atoms with E-state index in [-0.39, 0.29) is 0 Å². The molecule has 0 aliphatic rings. The average molecular weight is 277 g/mol. The van der Waals surface area contributed by atoms with Gasteiger partial charge in [0, 0.05) is 30.3 Å². The van der Waals surface area contributed by atoms with Crippen molar-refractivity contribution in [2.24, 2.45) is 0 Å². The van der Waals surface area contributed by atoms with E-state index in [1.54, 1.807) is 6.20 Å². The fourth-order valence-corrected chi connectivity index (χ4v) is 2.46. The molecule has 1 heterocycles. The lowest BCUT2D eigenvalue weighted by atomic mass is 10.1. The summed E-state index contributed by atoms with van der Waals surface area (Å²) in [4.78, 5) is 4.09. The molecule has 0 aliphatic heterocycles. The fraction of sp³-hybridized carbons (Fsp3) is 0.167. The van der Waals surface area contributed by atoms with E-state index >= 15 is 0 Å². The van der Waals surface area contributed by atoms with Gasteiger partial charge in [-0.2, -0.15) is 0 Å². The molecule has 106 valence electrons. The van der Waals surface area contributed by atoms with Crippen LogP contribution in [0.4, 0.5) is 5.69 Å². The Morgan fingerprint density at radius 2 is 1.90 bits per heavy atom. The van der Waals surface area contributed by atoms with Crippen molar-refractivity contribution in [2.75, 3.05) is 5.32 Å². The van der Waals surface area contributed by atoms with E-state index in [9.17, 15) is 0 Å². The number of anilines is 1. The van der Waals surface area contributed by atoms with Crippen LogP contribution in [0.15, 0.2) is 67.3 Å². The van der Waals surface area contributed by atoms with Crippen molar-refractivity contribution < 1.29 is 0 Å². The molecule has 0 spiro atoms. The zero-order valence-corrected chi connectivity index (χ0v) is 12.2. The van der Waals surface area contributed by atoms with E-state index in [2.05, 4.69) is 65.8 Å². The average Bonchev–Trinajstić information content (AvgIpc) is 3.08. The van der Waals surface area contributed by atoms with Gasteiger partial charge in [0.1, 0.15) is 0 Å². The molecule has 0 aliphatic carbocycles. The van der Waals surface area contributed by atoms with Crippen LogP contribution in [0.1, 0.15) is 18.1 Å². The van der Waals surface area contributed by atoms with Gasteiger partial charge in [0.25, 0.3) is 0 Å². The predicted octanol–water partition coefficient (Wildman–Crippen LogP) is 4.05. The molecular weight excluding hydrogens is 258 g/mol. The zero-order valence-electron chi connectivity index (χ0n) is 12.2. The quantitative estimate of drug-likeness (QED) is 0.762. The minimum absolute atomic E-state index is 0.845. The largest absolute Gasteiger partial charge is 0.381 e. The van der Waals surface area contributed by atoms with Crippen molar-refractivity contribution in [3.63, 3.8) is 0 Å². The van der Waals surface area contributed by atoms with Gasteiger partial charge in [-0.25, -0.2) is 4.98 Å². The lowest BCUT2D eigenvalue weighted by Crippen LogP contribution is -2.03. The van der Waals surface area contributed by atoms with Crippen LogP contribution in [-0.2, 0) is 13.0 Å². The normalized spacial score (nSPS) is 10.5. The maximum atomic E-state index is 4.09. The number of benzene rings is 2. The Kier molecular flexibility index (Phi) is 4.01. The van der Waals surface area contributed by atoms with Gasteiger partial charge in [-0.05, 0) is 35.7 Å². The summed E-state index contributed by atoms with van der Waals surface area (Å²) in [5.41, 5.74) is 4.98. The Morgan fingerprint density at radius 3 is 2.67 bits per heavy atom. The topological polar surface area (TPSA) is 29.9 Å². The maximum absolute atomic E-state index is 4.09. The predicted molar refractivity (Wildman–Crippen MR) is 86.7 cm³/mol. The summed E-state index contributed by atoms with van der Waals surface area (Å²) in [5.74, 6) is 0. The summed E-state index contributed by atoms with van der Waals surface area (Å²) < 4.78 is 2.01. The lowest BCUT2D eigenvalue weighted by molar-refractivity contribution is 1.04. The van der Waals surface area contributed by atoms with Gasteiger partial charge in [-0.15, -0.1) is 0 Å². The summed E-state index contributed by atoms with van der Waals surface area (Å²) in [5, 5.41) is 3.50. The highest BCUT2D eigenvalue weighted by molar-refractivity contribution is 5.51. The fourth-order valence-electron chi connectivity index (χ4n) is 2.46. The first-order chi connectivity index (χ1) is 10.4. The first-order valence-corrected chi connectivity index (χ1v) is 7.26. The summed E-state index contributed by atoms with van der Waals surface area (Å²) >= 11 is 0. The Balaban J connectivity index is 1.75. The SMILES string of the molecule is CCc1ccccc1CNc1cccc(-n2ccnc2)c1. The number of hydrogen-bond donors (Lipinski definition) is 1. The van der Waals surface area contributed by atoms with Crippen LogP contribution in [-0.4, -0.2) is 9.55 Å². The third-order valence-electron chi connectivity index (χ3n) is 3.63. The molecule has 1 N–H and O–H groups in total. The highest BCUT2D eigenvalue weighted by Gasteiger charge is 2.01. The standard InChI is InChI=1S/C18H19N3/c1-2-15-6-3-4-7-16(15)13-20-17-8-5-9-18(12-17)21-11-10-19-14-21/h3-12,14,20H,2,13H2,1H3. The van der Waals surface area contributed by atoms with Gasteiger partial charge in [0.05, 0.1) is 6.33 Å². The van der Waals surface area contributed by atoms with Gasteiger partial charge in [-0.3, -0.25) is 0 Å². The van der Waals surface area contributed by atoms with Crippen molar-refractivity contribution in [1.82, 2.24) is 9.55 Å². The van der Waals surface area contributed by atoms with Crippen LogP contribution in [0.25, 0.3) is 5.69 Å². The zero-order chi connectivity index (χ0) is 14.5. The molecule has 3 heteroatoms. The molecule has 0 saturated carbocycles. The minimum atomic E-state index is 0.845. The number of hydrogen-bond acceptors (Lipinski definition) is 2. The summed E-state index contributed by atoms with van der Waals surface area (Å²) in [6, 6.07) is 16.9. The molecule has 21 heavy (non-hydrogen) atoms. The molecule has 2 aromatic carbocycles. The molecule has 3 nitrogen and oxygen atoms in total. The van der Waals surface area contributed by atoms with Crippen LogP contribution >= 0.6 is 0 Å². The van der Waals surface area contributed by atoms with Gasteiger partial charge in [0.2, 0.25) is 0 Å². The van der Waals surface area contributed by atoms with E-state index in [0.717, 1.165) is 24.3 Å². The van der Waals surface area contributed by atoms with Gasteiger partial charge in [0.15, 0.2) is 0 Å². The number of rotatable bonds is 5. The molecule has 0 saturated heterocycles. The smallest absolute Gasteiger partial charge is 0.0991 e. The van der Waals surface area contributed by atoms with Crippen molar-refractivity contribution in [2.45, 2.75) is 19.9 Å². The van der Waals surface area contributed by atoms with E-state index in [4.69, 9.17) is 0 Å². The molecule has 0 fully saturated rings. The number of nitrogens with zero attached hydrogens (tertiary/aromatic N) is 2. The van der Waals surface area contributed by atoms with Gasteiger partial charge in [-0.1, -0.05) is 37.3 Å². The number of aromatic nitrogens is 2. The molecular formula is C18H19N3. The van der Waals surface area contributed by atoms with E-state index in [0.29, 0.717) is 0 Å². The van der Waals surface area contributed by atoms with E-state index in [1.807, 2.05) is 17.1 Å². The van der Waals surface area contributed by atoms with Crippen LogP contribution in [0.3, 0.4) is 0 Å². The maximum Gasteiger partial charge on any atom is 0.0991 e. The molecule has 0 radical (unpaired) electrons. The molecule has 3 rings (SSSR count). The highest BCUT2D eigenvalue weighted by Crippen LogP contribution is 2.17. The summed E-state index contributed by atoms with van der Waals surface area (Å²) in [6.07, 6.45) is 6.61. The molecule has 3 aromatic rings. The molecule has 0 amide bonds. The number of imidazole rings is 1. The van der Waals surface area contributed by atoms with Crippen molar-refractivity contribution >= 4 is 5.69 Å². The van der Waals surface area contributed by atoms with Crippen molar-refractivity contribution in [1.29, 1.82) is 0 Å². The van der Waals surface area contributed by atoms with Crippen molar-refractivity contribution in [3.8, 4) is 5.69 Å². The third-order valence-corrected chi connectivity index (χ3v) is 3.63. The first-order valence-electron chi connectivity index (χ1n) is 7.26. The second-order valence-corrected chi connectivity index (χ2v) is 5.00. The monoisotopic (exact) mass is 277 g/mol. The van der Waals surface area contributed by atoms with Crippen LogP contribution in [0.5, 0.6) is 0 Å². The molecule has 0 bridgehead atoms. The van der Waals surface area contributed by atoms with E-state index < -0.39 is 0 Å². The highest BCUT2D eigenvalue weighted by atomic mass is 15.0. The Bertz CT molecular complexity index is 702. The lowest BCUT2D eigenvalue weighted by Gasteiger charge is -2.11. The summed E-state index contributed by atoms with van der Waals surface area (Å²) in [7, 11) is 0. The van der Waals surface area contributed by atoms with Gasteiger partial charge >= 0.3 is 0 Å². The number of nitrogens with one attached hydrogen (secondary N) is 1.